The van der Waals surface area contributed by atoms with Gasteiger partial charge in [-0.3, -0.25) is 4.79 Å². The fourth-order valence-corrected chi connectivity index (χ4v) is 5.00. The van der Waals surface area contributed by atoms with Gasteiger partial charge < -0.3 is 15.0 Å². The molecule has 0 amide bonds. The van der Waals surface area contributed by atoms with Crippen LogP contribution in [-0.2, 0) is 5.41 Å². The largest absolute Gasteiger partial charge is 0.490 e. The van der Waals surface area contributed by atoms with Crippen LogP contribution >= 0.6 is 0 Å². The smallest absolute Gasteiger partial charge is 0.195 e. The number of aromatic nitrogens is 1. The van der Waals surface area contributed by atoms with Crippen LogP contribution in [0.5, 0.6) is 5.75 Å². The SMILES string of the molecule is CC(C)Oc1cc2c(cc1C1=CCNCC1)C(=O)c1c([nH]c3cc(C#N)ccc13)C2(C)C. The van der Waals surface area contributed by atoms with E-state index in [1.807, 2.05) is 32.0 Å². The number of ether oxygens (including phenoxy) is 1. The number of ketones is 1. The van der Waals surface area contributed by atoms with Gasteiger partial charge in [-0.25, -0.2) is 0 Å². The Morgan fingerprint density at radius 2 is 1.97 bits per heavy atom. The van der Waals surface area contributed by atoms with Crippen molar-refractivity contribution in [2.45, 2.75) is 45.6 Å². The highest BCUT2D eigenvalue weighted by Crippen LogP contribution is 2.46. The number of nitrogens with zero attached hydrogens (tertiary/aromatic N) is 1. The number of carbonyl (C=O) groups excluding carboxylic acids is 1. The van der Waals surface area contributed by atoms with Gasteiger partial charge >= 0.3 is 0 Å². The van der Waals surface area contributed by atoms with Crippen molar-refractivity contribution in [1.82, 2.24) is 10.3 Å². The molecule has 2 aliphatic rings. The summed E-state index contributed by atoms with van der Waals surface area (Å²) in [6, 6.07) is 11.8. The van der Waals surface area contributed by atoms with Crippen LogP contribution in [0.1, 0.15) is 72.4 Å². The maximum atomic E-state index is 13.8. The van der Waals surface area contributed by atoms with Crippen molar-refractivity contribution in [2.75, 3.05) is 13.1 Å². The molecule has 2 N–H and O–H groups in total. The first-order valence-corrected chi connectivity index (χ1v) is 11.2. The van der Waals surface area contributed by atoms with Crippen molar-refractivity contribution in [3.8, 4) is 11.8 Å². The maximum absolute atomic E-state index is 13.8. The summed E-state index contributed by atoms with van der Waals surface area (Å²) in [7, 11) is 0. The standard InChI is InChI=1S/C27H27N3O2/c1-15(2)32-23-13-21-20(12-19(23)17-7-9-29-10-8-17)25(31)24-18-6-5-16(14-28)11-22(18)30-26(24)27(21,3)4/h5-7,11-13,15,29-30H,8-10H2,1-4H3. The molecule has 0 saturated carbocycles. The van der Waals surface area contributed by atoms with Crippen molar-refractivity contribution >= 4 is 22.3 Å². The fourth-order valence-electron chi connectivity index (χ4n) is 5.00. The Balaban J connectivity index is 1.76. The maximum Gasteiger partial charge on any atom is 0.195 e. The first-order valence-electron chi connectivity index (χ1n) is 11.2. The van der Waals surface area contributed by atoms with E-state index in [0.717, 1.165) is 58.5 Å². The van der Waals surface area contributed by atoms with E-state index in [-0.39, 0.29) is 11.9 Å². The molecule has 1 aromatic heterocycles. The third kappa shape index (κ3) is 3.06. The van der Waals surface area contributed by atoms with Crippen LogP contribution in [0.4, 0.5) is 0 Å². The lowest BCUT2D eigenvalue weighted by Gasteiger charge is -2.33. The van der Waals surface area contributed by atoms with Gasteiger partial charge in [-0.15, -0.1) is 0 Å². The highest BCUT2D eigenvalue weighted by molar-refractivity contribution is 6.20. The van der Waals surface area contributed by atoms with Crippen LogP contribution in [0, 0.1) is 11.3 Å². The van der Waals surface area contributed by atoms with E-state index in [1.54, 1.807) is 6.07 Å². The summed E-state index contributed by atoms with van der Waals surface area (Å²) in [6.07, 6.45) is 3.13. The molecule has 32 heavy (non-hydrogen) atoms. The average molecular weight is 426 g/mol. The topological polar surface area (TPSA) is 77.9 Å². The molecule has 1 aliphatic heterocycles. The molecule has 5 nitrogen and oxygen atoms in total. The van der Waals surface area contributed by atoms with Crippen LogP contribution in [0.15, 0.2) is 36.4 Å². The summed E-state index contributed by atoms with van der Waals surface area (Å²) in [5, 5.41) is 13.5. The molecular formula is C27H27N3O2. The minimum Gasteiger partial charge on any atom is -0.490 e. The fraction of sp³-hybridized carbons (Fsp3) is 0.333. The molecule has 0 radical (unpaired) electrons. The molecular weight excluding hydrogens is 398 g/mol. The Morgan fingerprint density at radius 3 is 2.66 bits per heavy atom. The van der Waals surface area contributed by atoms with E-state index in [1.165, 1.54) is 5.57 Å². The molecule has 5 rings (SSSR count). The first kappa shape index (κ1) is 20.5. The second kappa shape index (κ2) is 7.36. The van der Waals surface area contributed by atoms with Gasteiger partial charge in [0.1, 0.15) is 5.75 Å². The van der Waals surface area contributed by atoms with Crippen LogP contribution in [-0.4, -0.2) is 30.0 Å². The Labute approximate surface area is 188 Å². The number of carbonyl (C=O) groups is 1. The molecule has 0 spiro atoms. The molecule has 0 saturated heterocycles. The summed E-state index contributed by atoms with van der Waals surface area (Å²) in [6.45, 7) is 10.1. The zero-order valence-corrected chi connectivity index (χ0v) is 18.9. The van der Waals surface area contributed by atoms with Crippen molar-refractivity contribution in [1.29, 1.82) is 5.26 Å². The predicted octanol–water partition coefficient (Wildman–Crippen LogP) is 5.07. The summed E-state index contributed by atoms with van der Waals surface area (Å²) >= 11 is 0. The molecule has 3 aromatic rings. The molecule has 2 aromatic carbocycles. The van der Waals surface area contributed by atoms with Crippen LogP contribution < -0.4 is 10.1 Å². The highest BCUT2D eigenvalue weighted by Gasteiger charge is 2.40. The number of nitrogens with one attached hydrogen (secondary N) is 2. The molecule has 0 unspecified atom stereocenters. The van der Waals surface area contributed by atoms with Gasteiger partial charge in [0.05, 0.1) is 23.3 Å². The van der Waals surface area contributed by atoms with Gasteiger partial charge in [-0.05, 0) is 62.2 Å². The van der Waals surface area contributed by atoms with E-state index < -0.39 is 5.41 Å². The lowest BCUT2D eigenvalue weighted by atomic mass is 9.70. The zero-order chi connectivity index (χ0) is 22.6. The van der Waals surface area contributed by atoms with Crippen LogP contribution in [0.25, 0.3) is 16.5 Å². The number of H-pyrrole nitrogens is 1. The molecule has 0 bridgehead atoms. The Bertz CT molecular complexity index is 1340. The first-order chi connectivity index (χ1) is 15.3. The predicted molar refractivity (Wildman–Crippen MR) is 126 cm³/mol. The Kier molecular flexibility index (Phi) is 4.72. The lowest BCUT2D eigenvalue weighted by molar-refractivity contribution is 0.103. The van der Waals surface area contributed by atoms with E-state index in [0.29, 0.717) is 11.1 Å². The van der Waals surface area contributed by atoms with Gasteiger partial charge in [0.2, 0.25) is 0 Å². The van der Waals surface area contributed by atoms with E-state index in [2.05, 4.69) is 42.4 Å². The number of benzene rings is 2. The highest BCUT2D eigenvalue weighted by atomic mass is 16.5. The Hall–Kier alpha value is -3.36. The van der Waals surface area contributed by atoms with Gasteiger partial charge in [0, 0.05) is 39.7 Å². The molecule has 0 atom stereocenters. The molecule has 0 fully saturated rings. The number of aromatic amines is 1. The van der Waals surface area contributed by atoms with E-state index >= 15 is 0 Å². The zero-order valence-electron chi connectivity index (χ0n) is 18.9. The second-order valence-electron chi connectivity index (χ2n) is 9.45. The van der Waals surface area contributed by atoms with Crippen molar-refractivity contribution in [2.24, 2.45) is 0 Å². The third-order valence-corrected chi connectivity index (χ3v) is 6.59. The minimum atomic E-state index is -0.416. The Morgan fingerprint density at radius 1 is 1.16 bits per heavy atom. The normalized spacial score (nSPS) is 17.0. The van der Waals surface area contributed by atoms with Crippen LogP contribution in [0.2, 0.25) is 0 Å². The molecule has 2 heterocycles. The summed E-state index contributed by atoms with van der Waals surface area (Å²) < 4.78 is 6.25. The number of nitriles is 1. The quantitative estimate of drug-likeness (QED) is 0.614. The van der Waals surface area contributed by atoms with Crippen molar-refractivity contribution in [3.63, 3.8) is 0 Å². The van der Waals surface area contributed by atoms with Gasteiger partial charge in [0.15, 0.2) is 5.78 Å². The number of rotatable bonds is 3. The van der Waals surface area contributed by atoms with Gasteiger partial charge in [0.25, 0.3) is 0 Å². The second-order valence-corrected chi connectivity index (χ2v) is 9.45. The van der Waals surface area contributed by atoms with E-state index in [4.69, 9.17) is 4.74 Å². The summed E-state index contributed by atoms with van der Waals surface area (Å²) in [5.41, 5.74) is 6.52. The van der Waals surface area contributed by atoms with Gasteiger partial charge in [-0.1, -0.05) is 26.0 Å². The molecule has 162 valence electrons. The van der Waals surface area contributed by atoms with Crippen molar-refractivity contribution < 1.29 is 9.53 Å². The summed E-state index contributed by atoms with van der Waals surface area (Å²) in [5.74, 6) is 0.858. The number of hydrogen-bond acceptors (Lipinski definition) is 4. The average Bonchev–Trinajstić information content (AvgIpc) is 3.17. The number of hydrogen-bond donors (Lipinski definition) is 2. The monoisotopic (exact) mass is 425 g/mol. The van der Waals surface area contributed by atoms with Crippen LogP contribution in [0.3, 0.4) is 0 Å². The minimum absolute atomic E-state index is 0.0252. The van der Waals surface area contributed by atoms with Gasteiger partial charge in [-0.2, -0.15) is 5.26 Å². The third-order valence-electron chi connectivity index (χ3n) is 6.59. The lowest BCUT2D eigenvalue weighted by Crippen LogP contribution is -2.31. The molecule has 1 aliphatic carbocycles. The van der Waals surface area contributed by atoms with Crippen molar-refractivity contribution in [3.05, 3.63) is 69.9 Å². The molecule has 5 heteroatoms. The number of fused-ring (bicyclic) bond motifs is 4. The van der Waals surface area contributed by atoms with E-state index in [9.17, 15) is 10.1 Å². The summed E-state index contributed by atoms with van der Waals surface area (Å²) in [4.78, 5) is 17.3.